The molecule has 0 spiro atoms. The van der Waals surface area contributed by atoms with Crippen molar-refractivity contribution in [1.29, 1.82) is 0 Å². The summed E-state index contributed by atoms with van der Waals surface area (Å²) in [6.45, 7) is 2.09. The fraction of sp³-hybridized carbons (Fsp3) is 0.316. The molecular formula is C19H20N6OS. The number of piperidine rings is 1. The number of likely N-dealkylation sites (tertiary alicyclic amines) is 1. The highest BCUT2D eigenvalue weighted by atomic mass is 32.1. The minimum Gasteiger partial charge on any atom is -0.301 e. The molecule has 1 amide bonds. The Morgan fingerprint density at radius 1 is 1.22 bits per heavy atom. The molecule has 8 heteroatoms. The Bertz CT molecular complexity index is 886. The Hall–Kier alpha value is -2.71. The van der Waals surface area contributed by atoms with Gasteiger partial charge in [-0.05, 0) is 37.1 Å². The van der Waals surface area contributed by atoms with Gasteiger partial charge in [-0.3, -0.25) is 14.7 Å². The number of hydrogen-bond donors (Lipinski definition) is 1. The number of amides is 1. The topological polar surface area (TPSA) is 83.9 Å². The Morgan fingerprint density at radius 3 is 2.93 bits per heavy atom. The minimum atomic E-state index is -0.0253. The number of anilines is 1. The van der Waals surface area contributed by atoms with E-state index in [1.54, 1.807) is 24.9 Å². The standard InChI is InChI=1S/C19H20N6OS/c26-17(24-19-22-7-9-27-19)12-25-8-1-2-15(11-25)18-16(10-21-13-23-18)14-3-5-20-6-4-14/h3-7,9-10,13,15H,1-2,8,11-12H2,(H,22,24,26)/t15-/m0/s1. The quantitative estimate of drug-likeness (QED) is 0.733. The van der Waals surface area contributed by atoms with Crippen LogP contribution in [0.2, 0.25) is 0 Å². The van der Waals surface area contributed by atoms with Crippen LogP contribution in [0.4, 0.5) is 5.13 Å². The van der Waals surface area contributed by atoms with Crippen molar-refractivity contribution < 1.29 is 4.79 Å². The smallest absolute Gasteiger partial charge is 0.240 e. The zero-order valence-corrected chi connectivity index (χ0v) is 15.6. The molecule has 27 heavy (non-hydrogen) atoms. The van der Waals surface area contributed by atoms with Crippen molar-refractivity contribution in [3.63, 3.8) is 0 Å². The third-order valence-electron chi connectivity index (χ3n) is 4.67. The summed E-state index contributed by atoms with van der Waals surface area (Å²) in [6.07, 6.45) is 10.8. The molecule has 1 aliphatic rings. The van der Waals surface area contributed by atoms with Gasteiger partial charge in [0.2, 0.25) is 5.91 Å². The number of rotatable bonds is 5. The van der Waals surface area contributed by atoms with E-state index in [9.17, 15) is 4.79 Å². The van der Waals surface area contributed by atoms with Gasteiger partial charge in [0.25, 0.3) is 0 Å². The summed E-state index contributed by atoms with van der Waals surface area (Å²) in [5.74, 6) is 0.250. The summed E-state index contributed by atoms with van der Waals surface area (Å²) in [7, 11) is 0. The van der Waals surface area contributed by atoms with Gasteiger partial charge in [-0.2, -0.15) is 0 Å². The SMILES string of the molecule is O=C(CN1CCC[C@H](c2ncncc2-c2ccncc2)C1)Nc1nccs1. The summed E-state index contributed by atoms with van der Waals surface area (Å²) in [5.41, 5.74) is 3.15. The highest BCUT2D eigenvalue weighted by molar-refractivity contribution is 7.13. The normalized spacial score (nSPS) is 17.6. The molecule has 4 rings (SSSR count). The first-order chi connectivity index (χ1) is 13.3. The molecule has 1 aliphatic heterocycles. The highest BCUT2D eigenvalue weighted by Crippen LogP contribution is 2.32. The van der Waals surface area contributed by atoms with Gasteiger partial charge in [-0.1, -0.05) is 0 Å². The van der Waals surface area contributed by atoms with Crippen molar-refractivity contribution in [2.45, 2.75) is 18.8 Å². The predicted molar refractivity (Wildman–Crippen MR) is 104 cm³/mol. The van der Waals surface area contributed by atoms with Crippen LogP contribution < -0.4 is 5.32 Å². The number of thiazole rings is 1. The van der Waals surface area contributed by atoms with Crippen LogP contribution in [0.15, 0.2) is 48.6 Å². The fourth-order valence-corrected chi connectivity index (χ4v) is 4.03. The second-order valence-electron chi connectivity index (χ2n) is 6.52. The average Bonchev–Trinajstić information content (AvgIpc) is 3.22. The number of hydrogen-bond acceptors (Lipinski definition) is 7. The molecule has 0 aliphatic carbocycles. The maximum atomic E-state index is 12.3. The molecule has 1 fully saturated rings. The Kier molecular flexibility index (Phi) is 5.45. The van der Waals surface area contributed by atoms with Crippen LogP contribution in [0.25, 0.3) is 11.1 Å². The molecular weight excluding hydrogens is 360 g/mol. The number of pyridine rings is 1. The Balaban J connectivity index is 1.47. The minimum absolute atomic E-state index is 0.0253. The van der Waals surface area contributed by atoms with E-state index in [4.69, 9.17) is 0 Å². The van der Waals surface area contributed by atoms with Crippen molar-refractivity contribution in [2.24, 2.45) is 0 Å². The molecule has 0 aromatic carbocycles. The zero-order valence-electron chi connectivity index (χ0n) is 14.8. The van der Waals surface area contributed by atoms with E-state index in [-0.39, 0.29) is 11.8 Å². The number of carbonyl (C=O) groups excluding carboxylic acids is 1. The van der Waals surface area contributed by atoms with Gasteiger partial charge in [-0.15, -0.1) is 11.3 Å². The van der Waals surface area contributed by atoms with Crippen LogP contribution in [0.3, 0.4) is 0 Å². The van der Waals surface area contributed by atoms with E-state index in [2.05, 4.69) is 30.2 Å². The van der Waals surface area contributed by atoms with Crippen LogP contribution in [0.5, 0.6) is 0 Å². The first-order valence-electron chi connectivity index (χ1n) is 8.91. The van der Waals surface area contributed by atoms with Crippen molar-refractivity contribution in [3.8, 4) is 11.1 Å². The Labute approximate surface area is 161 Å². The van der Waals surface area contributed by atoms with Gasteiger partial charge in [0, 0.05) is 48.2 Å². The van der Waals surface area contributed by atoms with E-state index in [1.165, 1.54) is 11.3 Å². The summed E-state index contributed by atoms with van der Waals surface area (Å²) in [4.78, 5) is 31.5. The molecule has 138 valence electrons. The van der Waals surface area contributed by atoms with E-state index >= 15 is 0 Å². The second kappa shape index (κ2) is 8.32. The zero-order chi connectivity index (χ0) is 18.5. The first-order valence-corrected chi connectivity index (χ1v) is 9.79. The van der Waals surface area contributed by atoms with Crippen LogP contribution in [0.1, 0.15) is 24.5 Å². The second-order valence-corrected chi connectivity index (χ2v) is 7.41. The van der Waals surface area contributed by atoms with Crippen molar-refractivity contribution in [1.82, 2.24) is 24.8 Å². The van der Waals surface area contributed by atoms with E-state index in [1.807, 2.05) is 23.7 Å². The first kappa shape index (κ1) is 17.7. The van der Waals surface area contributed by atoms with E-state index < -0.39 is 0 Å². The fourth-order valence-electron chi connectivity index (χ4n) is 3.49. The Morgan fingerprint density at radius 2 is 2.11 bits per heavy atom. The van der Waals surface area contributed by atoms with Gasteiger partial charge in [0.1, 0.15) is 6.33 Å². The van der Waals surface area contributed by atoms with Crippen molar-refractivity contribution in [2.75, 3.05) is 25.0 Å². The molecule has 0 radical (unpaired) electrons. The lowest BCUT2D eigenvalue weighted by atomic mass is 9.90. The summed E-state index contributed by atoms with van der Waals surface area (Å²) in [5, 5.41) is 5.35. The maximum absolute atomic E-state index is 12.3. The molecule has 3 aromatic heterocycles. The molecule has 3 aromatic rings. The third-order valence-corrected chi connectivity index (χ3v) is 5.36. The van der Waals surface area contributed by atoms with Crippen LogP contribution in [-0.4, -0.2) is 50.4 Å². The van der Waals surface area contributed by atoms with E-state index in [0.717, 1.165) is 42.8 Å². The van der Waals surface area contributed by atoms with Crippen LogP contribution in [-0.2, 0) is 4.79 Å². The van der Waals surface area contributed by atoms with Gasteiger partial charge in [0.15, 0.2) is 5.13 Å². The summed E-state index contributed by atoms with van der Waals surface area (Å²) in [6, 6.07) is 3.95. The summed E-state index contributed by atoms with van der Waals surface area (Å²) >= 11 is 1.43. The maximum Gasteiger partial charge on any atom is 0.240 e. The number of nitrogens with zero attached hydrogens (tertiary/aromatic N) is 5. The van der Waals surface area contributed by atoms with E-state index in [0.29, 0.717) is 11.7 Å². The van der Waals surface area contributed by atoms with Crippen LogP contribution in [0, 0.1) is 0 Å². The molecule has 7 nitrogen and oxygen atoms in total. The van der Waals surface area contributed by atoms with Crippen molar-refractivity contribution >= 4 is 22.4 Å². The number of nitrogens with one attached hydrogen (secondary N) is 1. The lowest BCUT2D eigenvalue weighted by Crippen LogP contribution is -2.40. The molecule has 1 atom stereocenters. The molecule has 0 unspecified atom stereocenters. The molecule has 1 N–H and O–H groups in total. The third kappa shape index (κ3) is 4.35. The van der Waals surface area contributed by atoms with Gasteiger partial charge < -0.3 is 5.32 Å². The predicted octanol–water partition coefficient (Wildman–Crippen LogP) is 2.81. The number of aromatic nitrogens is 4. The number of carbonyl (C=O) groups is 1. The lowest BCUT2D eigenvalue weighted by molar-refractivity contribution is -0.117. The molecule has 0 saturated carbocycles. The van der Waals surface area contributed by atoms with Gasteiger partial charge in [-0.25, -0.2) is 15.0 Å². The molecule has 0 bridgehead atoms. The van der Waals surface area contributed by atoms with Gasteiger partial charge in [0.05, 0.1) is 12.2 Å². The molecule has 1 saturated heterocycles. The highest BCUT2D eigenvalue weighted by Gasteiger charge is 2.26. The monoisotopic (exact) mass is 380 g/mol. The lowest BCUT2D eigenvalue weighted by Gasteiger charge is -2.32. The van der Waals surface area contributed by atoms with Gasteiger partial charge >= 0.3 is 0 Å². The summed E-state index contributed by atoms with van der Waals surface area (Å²) < 4.78 is 0. The molecule has 4 heterocycles. The van der Waals surface area contributed by atoms with Crippen molar-refractivity contribution in [3.05, 3.63) is 54.3 Å². The average molecular weight is 380 g/mol. The van der Waals surface area contributed by atoms with Crippen LogP contribution >= 0.6 is 11.3 Å². The largest absolute Gasteiger partial charge is 0.301 e.